The average Bonchev–Trinajstić information content (AvgIpc) is 2.98. The molecule has 0 bridgehead atoms. The van der Waals surface area contributed by atoms with Crippen molar-refractivity contribution in [3.05, 3.63) is 17.2 Å². The highest BCUT2D eigenvalue weighted by Gasteiger charge is 2.28. The summed E-state index contributed by atoms with van der Waals surface area (Å²) in [5.74, 6) is 0.450. The monoisotopic (exact) mass is 370 g/mol. The standard InChI is InChI=1S/C18H31ClN4O2/c1-5-21(6-2)14-7-9-22(10-8-14)17(25)11-15(24)18-20-12-16(19)23(18)13(3)4/h12-15,24H,5-11H2,1-4H3. The van der Waals surface area contributed by atoms with Gasteiger partial charge >= 0.3 is 0 Å². The predicted octanol–water partition coefficient (Wildman–Crippen LogP) is 2.87. The van der Waals surface area contributed by atoms with Gasteiger partial charge in [0.1, 0.15) is 17.1 Å². The number of hydrogen-bond acceptors (Lipinski definition) is 4. The molecule has 1 unspecified atom stereocenters. The third kappa shape index (κ3) is 4.74. The molecule has 0 aromatic carbocycles. The molecule has 1 fully saturated rings. The van der Waals surface area contributed by atoms with Gasteiger partial charge in [0.25, 0.3) is 0 Å². The molecule has 142 valence electrons. The van der Waals surface area contributed by atoms with Crippen LogP contribution in [0.2, 0.25) is 5.15 Å². The van der Waals surface area contributed by atoms with Crippen molar-refractivity contribution in [2.24, 2.45) is 0 Å². The topological polar surface area (TPSA) is 61.6 Å². The summed E-state index contributed by atoms with van der Waals surface area (Å²) in [6.45, 7) is 11.9. The Morgan fingerprint density at radius 1 is 1.36 bits per heavy atom. The molecule has 1 saturated heterocycles. The highest BCUT2D eigenvalue weighted by molar-refractivity contribution is 6.29. The first kappa shape index (κ1) is 20.2. The quantitative estimate of drug-likeness (QED) is 0.801. The first-order valence-corrected chi connectivity index (χ1v) is 9.69. The number of hydrogen-bond donors (Lipinski definition) is 1. The smallest absolute Gasteiger partial charge is 0.225 e. The Morgan fingerprint density at radius 2 is 1.96 bits per heavy atom. The molecule has 1 aliphatic heterocycles. The van der Waals surface area contributed by atoms with E-state index in [4.69, 9.17) is 11.6 Å². The lowest BCUT2D eigenvalue weighted by Gasteiger charge is -2.38. The Hall–Kier alpha value is -1.11. The Balaban J connectivity index is 1.93. The molecule has 0 spiro atoms. The molecule has 6 nitrogen and oxygen atoms in total. The summed E-state index contributed by atoms with van der Waals surface area (Å²) in [4.78, 5) is 21.1. The second-order valence-electron chi connectivity index (χ2n) is 6.96. The molecule has 2 rings (SSSR count). The second-order valence-corrected chi connectivity index (χ2v) is 7.34. The van der Waals surface area contributed by atoms with Gasteiger partial charge in [0.05, 0.1) is 12.6 Å². The number of aliphatic hydroxyl groups is 1. The van der Waals surface area contributed by atoms with Crippen molar-refractivity contribution in [1.29, 1.82) is 0 Å². The molecule has 1 aliphatic rings. The number of imidazole rings is 1. The van der Waals surface area contributed by atoms with Crippen molar-refractivity contribution < 1.29 is 9.90 Å². The molecule has 2 heterocycles. The number of amides is 1. The van der Waals surface area contributed by atoms with E-state index in [1.54, 1.807) is 4.57 Å². The molecule has 1 aromatic heterocycles. The summed E-state index contributed by atoms with van der Waals surface area (Å²) in [5.41, 5.74) is 0. The zero-order chi connectivity index (χ0) is 18.6. The van der Waals surface area contributed by atoms with Gasteiger partial charge in [-0.3, -0.25) is 4.79 Å². The van der Waals surface area contributed by atoms with E-state index in [1.165, 1.54) is 6.20 Å². The summed E-state index contributed by atoms with van der Waals surface area (Å²) in [7, 11) is 0. The Bertz CT molecular complexity index is 563. The third-order valence-corrected chi connectivity index (χ3v) is 5.39. The lowest BCUT2D eigenvalue weighted by atomic mass is 10.0. The normalized spacial score (nSPS) is 17.5. The van der Waals surface area contributed by atoms with Crippen LogP contribution in [-0.4, -0.2) is 62.6 Å². The number of halogens is 1. The summed E-state index contributed by atoms with van der Waals surface area (Å²) >= 11 is 6.13. The van der Waals surface area contributed by atoms with Crippen LogP contribution in [0.5, 0.6) is 0 Å². The highest BCUT2D eigenvalue weighted by atomic mass is 35.5. The van der Waals surface area contributed by atoms with E-state index in [9.17, 15) is 9.90 Å². The van der Waals surface area contributed by atoms with Gasteiger partial charge < -0.3 is 19.5 Å². The molecule has 1 atom stereocenters. The van der Waals surface area contributed by atoms with Crippen LogP contribution in [0, 0.1) is 0 Å². The van der Waals surface area contributed by atoms with Gasteiger partial charge in [-0.15, -0.1) is 0 Å². The molecule has 25 heavy (non-hydrogen) atoms. The van der Waals surface area contributed by atoms with Crippen molar-refractivity contribution in [2.45, 2.75) is 65.1 Å². The first-order chi connectivity index (χ1) is 11.9. The number of aromatic nitrogens is 2. The highest BCUT2D eigenvalue weighted by Crippen LogP contribution is 2.26. The van der Waals surface area contributed by atoms with Crippen molar-refractivity contribution in [3.8, 4) is 0 Å². The van der Waals surface area contributed by atoms with Gasteiger partial charge in [-0.2, -0.15) is 0 Å². The van der Waals surface area contributed by atoms with E-state index < -0.39 is 6.10 Å². The maximum Gasteiger partial charge on any atom is 0.225 e. The maximum atomic E-state index is 12.6. The van der Waals surface area contributed by atoms with Gasteiger partial charge in [-0.25, -0.2) is 4.98 Å². The number of aliphatic hydroxyl groups excluding tert-OH is 1. The Kier molecular flexibility index (Phi) is 7.28. The fourth-order valence-corrected chi connectivity index (χ4v) is 4.05. The summed E-state index contributed by atoms with van der Waals surface area (Å²) in [6, 6.07) is 0.641. The van der Waals surface area contributed by atoms with E-state index in [2.05, 4.69) is 23.7 Å². The summed E-state index contributed by atoms with van der Waals surface area (Å²) < 4.78 is 1.77. The lowest BCUT2D eigenvalue weighted by Crippen LogP contribution is -2.46. The third-order valence-electron chi connectivity index (χ3n) is 5.11. The van der Waals surface area contributed by atoms with Gasteiger partial charge in [-0.05, 0) is 39.8 Å². The van der Waals surface area contributed by atoms with E-state index in [1.807, 2.05) is 18.7 Å². The Morgan fingerprint density at radius 3 is 2.48 bits per heavy atom. The predicted molar refractivity (Wildman–Crippen MR) is 99.7 cm³/mol. The zero-order valence-corrected chi connectivity index (χ0v) is 16.5. The molecule has 0 aliphatic carbocycles. The summed E-state index contributed by atoms with van der Waals surface area (Å²) in [5, 5.41) is 11.0. The lowest BCUT2D eigenvalue weighted by molar-refractivity contribution is -0.135. The molecular formula is C18H31ClN4O2. The fourth-order valence-electron chi connectivity index (χ4n) is 3.72. The minimum absolute atomic E-state index is 0.0140. The van der Waals surface area contributed by atoms with Crippen LogP contribution in [-0.2, 0) is 4.79 Å². The second kappa shape index (κ2) is 9.01. The van der Waals surface area contributed by atoms with Gasteiger partial charge in [0.2, 0.25) is 5.91 Å². The van der Waals surface area contributed by atoms with Crippen molar-refractivity contribution in [1.82, 2.24) is 19.4 Å². The molecule has 1 amide bonds. The van der Waals surface area contributed by atoms with Crippen LogP contribution in [0.3, 0.4) is 0 Å². The van der Waals surface area contributed by atoms with Crippen LogP contribution >= 0.6 is 11.6 Å². The SMILES string of the molecule is CCN(CC)C1CCN(C(=O)CC(O)c2ncc(Cl)n2C(C)C)CC1. The Labute approximate surface area is 155 Å². The number of nitrogens with zero attached hydrogens (tertiary/aromatic N) is 4. The van der Waals surface area contributed by atoms with E-state index in [0.717, 1.165) is 39.0 Å². The number of carbonyl (C=O) groups excluding carboxylic acids is 1. The maximum absolute atomic E-state index is 12.6. The van der Waals surface area contributed by atoms with Crippen LogP contribution < -0.4 is 0 Å². The fraction of sp³-hybridized carbons (Fsp3) is 0.778. The zero-order valence-electron chi connectivity index (χ0n) is 15.8. The molecule has 1 N–H and O–H groups in total. The van der Waals surface area contributed by atoms with Crippen LogP contribution in [0.15, 0.2) is 6.20 Å². The average molecular weight is 371 g/mol. The minimum Gasteiger partial charge on any atom is -0.385 e. The number of likely N-dealkylation sites (tertiary alicyclic amines) is 1. The number of rotatable bonds is 7. The van der Waals surface area contributed by atoms with E-state index in [-0.39, 0.29) is 18.4 Å². The van der Waals surface area contributed by atoms with Crippen molar-refractivity contribution in [3.63, 3.8) is 0 Å². The van der Waals surface area contributed by atoms with Crippen LogP contribution in [0.4, 0.5) is 0 Å². The van der Waals surface area contributed by atoms with Crippen LogP contribution in [0.1, 0.15) is 64.9 Å². The molecule has 7 heteroatoms. The van der Waals surface area contributed by atoms with Gasteiger partial charge in [0, 0.05) is 25.2 Å². The molecule has 0 saturated carbocycles. The largest absolute Gasteiger partial charge is 0.385 e. The molecule has 0 radical (unpaired) electrons. The van der Waals surface area contributed by atoms with Crippen LogP contribution in [0.25, 0.3) is 0 Å². The van der Waals surface area contributed by atoms with Gasteiger partial charge in [-0.1, -0.05) is 25.4 Å². The molecular weight excluding hydrogens is 340 g/mol. The molecule has 1 aromatic rings. The first-order valence-electron chi connectivity index (χ1n) is 9.31. The van der Waals surface area contributed by atoms with E-state index >= 15 is 0 Å². The van der Waals surface area contributed by atoms with Crippen molar-refractivity contribution in [2.75, 3.05) is 26.2 Å². The summed E-state index contributed by atoms with van der Waals surface area (Å²) in [6.07, 6.45) is 2.64. The van der Waals surface area contributed by atoms with E-state index in [0.29, 0.717) is 17.0 Å². The van der Waals surface area contributed by atoms with Crippen molar-refractivity contribution >= 4 is 17.5 Å². The van der Waals surface area contributed by atoms with Gasteiger partial charge in [0.15, 0.2) is 0 Å². The number of piperidine rings is 1. The minimum atomic E-state index is -0.928. The number of carbonyl (C=O) groups is 1.